The van der Waals surface area contributed by atoms with Gasteiger partial charge in [-0.1, -0.05) is 0 Å². The molecule has 1 heterocycles. The minimum absolute atomic E-state index is 0. The highest BCUT2D eigenvalue weighted by molar-refractivity contribution is 9.10. The maximum Gasteiger partial charge on any atom is 0.337 e. The van der Waals surface area contributed by atoms with Crippen molar-refractivity contribution in [3.05, 3.63) is 28.2 Å². The Morgan fingerprint density at radius 2 is 2.22 bits per heavy atom. The van der Waals surface area contributed by atoms with Gasteiger partial charge in [0, 0.05) is 11.0 Å². The maximum absolute atomic E-state index is 12.4. The molecule has 1 atom stereocenters. The summed E-state index contributed by atoms with van der Waals surface area (Å²) in [5.74, 6) is -0.206. The van der Waals surface area contributed by atoms with Crippen molar-refractivity contribution in [3.8, 4) is 0 Å². The first-order valence-electron chi connectivity index (χ1n) is 7.02. The Morgan fingerprint density at radius 1 is 1.48 bits per heavy atom. The molecule has 6 nitrogen and oxygen atoms in total. The standard InChI is InChI=1S/C14H19BrN2O4S.ClH/c1-21-14(18)11-4-5-13(12(15)7-11)22(19,20)17-9-10-3-2-6-16-8-10;/h4-5,7,10,16-17H,2-3,6,8-9H2,1H3;1H. The molecular formula is C14H20BrClN2O4S. The normalized spacial score (nSPS) is 18.1. The molecule has 1 saturated heterocycles. The van der Waals surface area contributed by atoms with Crippen LogP contribution in [0.4, 0.5) is 0 Å². The second-order valence-corrected chi connectivity index (χ2v) is 7.79. The lowest BCUT2D eigenvalue weighted by atomic mass is 10.0. The number of piperidine rings is 1. The Kier molecular flexibility index (Phi) is 7.96. The topological polar surface area (TPSA) is 84.5 Å². The van der Waals surface area contributed by atoms with Crippen LogP contribution in [0.5, 0.6) is 0 Å². The van der Waals surface area contributed by atoms with Crippen LogP contribution in [0.15, 0.2) is 27.6 Å². The van der Waals surface area contributed by atoms with Crippen LogP contribution in [0.3, 0.4) is 0 Å². The second kappa shape index (κ2) is 8.98. The third-order valence-corrected chi connectivity index (χ3v) is 6.00. The van der Waals surface area contributed by atoms with Crippen molar-refractivity contribution in [2.45, 2.75) is 17.7 Å². The number of esters is 1. The molecule has 0 aromatic heterocycles. The first-order valence-corrected chi connectivity index (χ1v) is 9.30. The Morgan fingerprint density at radius 3 is 2.78 bits per heavy atom. The minimum atomic E-state index is -3.62. The molecule has 0 amide bonds. The Bertz CT molecular complexity index is 648. The van der Waals surface area contributed by atoms with E-state index in [1.807, 2.05) is 0 Å². The summed E-state index contributed by atoms with van der Waals surface area (Å²) in [7, 11) is -2.34. The molecule has 1 aliphatic heterocycles. The zero-order valence-corrected chi connectivity index (χ0v) is 15.9. The smallest absolute Gasteiger partial charge is 0.337 e. The molecule has 2 N–H and O–H groups in total. The van der Waals surface area contributed by atoms with Crippen LogP contribution in [0.1, 0.15) is 23.2 Å². The van der Waals surface area contributed by atoms with Gasteiger partial charge in [-0.3, -0.25) is 0 Å². The maximum atomic E-state index is 12.4. The highest BCUT2D eigenvalue weighted by atomic mass is 79.9. The van der Waals surface area contributed by atoms with Gasteiger partial charge in [-0.25, -0.2) is 17.9 Å². The largest absolute Gasteiger partial charge is 0.465 e. The molecule has 1 aromatic carbocycles. The van der Waals surface area contributed by atoms with E-state index < -0.39 is 16.0 Å². The molecule has 0 aliphatic carbocycles. The Labute approximate surface area is 151 Å². The fraction of sp³-hybridized carbons (Fsp3) is 0.500. The van der Waals surface area contributed by atoms with E-state index in [9.17, 15) is 13.2 Å². The average Bonchev–Trinajstić information content (AvgIpc) is 2.53. The van der Waals surface area contributed by atoms with Gasteiger partial charge in [0.1, 0.15) is 0 Å². The van der Waals surface area contributed by atoms with Crippen LogP contribution in [0, 0.1) is 5.92 Å². The predicted octanol–water partition coefficient (Wildman–Crippen LogP) is 1.94. The molecular weight excluding hydrogens is 408 g/mol. The van der Waals surface area contributed by atoms with Crippen LogP contribution in [-0.4, -0.2) is 41.1 Å². The lowest BCUT2D eigenvalue weighted by Gasteiger charge is -2.23. The van der Waals surface area contributed by atoms with Gasteiger partial charge in [-0.05, 0) is 66.0 Å². The zero-order valence-electron chi connectivity index (χ0n) is 12.7. The van der Waals surface area contributed by atoms with Crippen molar-refractivity contribution >= 4 is 44.3 Å². The third kappa shape index (κ3) is 5.42. The van der Waals surface area contributed by atoms with E-state index in [1.54, 1.807) is 0 Å². The summed E-state index contributed by atoms with van der Waals surface area (Å²) in [5.41, 5.74) is 0.296. The lowest BCUT2D eigenvalue weighted by molar-refractivity contribution is 0.0600. The van der Waals surface area contributed by atoms with Crippen LogP contribution in [-0.2, 0) is 14.8 Å². The monoisotopic (exact) mass is 426 g/mol. The van der Waals surface area contributed by atoms with Gasteiger partial charge in [0.05, 0.1) is 17.6 Å². The van der Waals surface area contributed by atoms with E-state index in [1.165, 1.54) is 25.3 Å². The van der Waals surface area contributed by atoms with Gasteiger partial charge in [-0.15, -0.1) is 12.4 Å². The number of halogens is 2. The second-order valence-electron chi connectivity index (χ2n) is 5.20. The quantitative estimate of drug-likeness (QED) is 0.702. The number of ether oxygens (including phenoxy) is 1. The molecule has 0 spiro atoms. The van der Waals surface area contributed by atoms with Crippen molar-refractivity contribution in [1.82, 2.24) is 10.0 Å². The summed E-state index contributed by atoms with van der Waals surface area (Å²) < 4.78 is 32.3. The Balaban J connectivity index is 0.00000264. The van der Waals surface area contributed by atoms with Crippen LogP contribution >= 0.6 is 28.3 Å². The van der Waals surface area contributed by atoms with E-state index in [0.29, 0.717) is 22.5 Å². The number of nitrogens with one attached hydrogen (secondary N) is 2. The van der Waals surface area contributed by atoms with Gasteiger partial charge in [0.15, 0.2) is 0 Å². The van der Waals surface area contributed by atoms with Crippen molar-refractivity contribution < 1.29 is 17.9 Å². The van der Waals surface area contributed by atoms with Crippen LogP contribution in [0.2, 0.25) is 0 Å². The first-order chi connectivity index (χ1) is 10.4. The van der Waals surface area contributed by atoms with E-state index in [0.717, 1.165) is 25.9 Å². The molecule has 1 unspecified atom stereocenters. The summed E-state index contributed by atoms with van der Waals surface area (Å²) >= 11 is 3.21. The third-order valence-electron chi connectivity index (χ3n) is 3.60. The first kappa shape index (κ1) is 20.4. The minimum Gasteiger partial charge on any atom is -0.465 e. The van der Waals surface area contributed by atoms with Gasteiger partial charge >= 0.3 is 5.97 Å². The van der Waals surface area contributed by atoms with Crippen molar-refractivity contribution in [3.63, 3.8) is 0 Å². The van der Waals surface area contributed by atoms with Gasteiger partial charge in [-0.2, -0.15) is 0 Å². The molecule has 1 aliphatic rings. The van der Waals surface area contributed by atoms with E-state index in [2.05, 4.69) is 30.7 Å². The van der Waals surface area contributed by atoms with Gasteiger partial charge < -0.3 is 10.1 Å². The molecule has 2 rings (SSSR count). The summed E-state index contributed by atoms with van der Waals surface area (Å²) in [5, 5.41) is 3.25. The van der Waals surface area contributed by atoms with Gasteiger partial charge in [0.2, 0.25) is 10.0 Å². The number of carbonyl (C=O) groups is 1. The molecule has 0 bridgehead atoms. The van der Waals surface area contributed by atoms with Crippen molar-refractivity contribution in [2.75, 3.05) is 26.7 Å². The summed E-state index contributed by atoms with van der Waals surface area (Å²) in [6.45, 7) is 2.22. The molecule has 130 valence electrons. The molecule has 9 heteroatoms. The van der Waals surface area contributed by atoms with E-state index in [4.69, 9.17) is 0 Å². The SMILES string of the molecule is COC(=O)c1ccc(S(=O)(=O)NCC2CCCNC2)c(Br)c1.Cl. The average molecular weight is 428 g/mol. The highest BCUT2D eigenvalue weighted by Gasteiger charge is 2.21. The number of sulfonamides is 1. The number of hydrogen-bond donors (Lipinski definition) is 2. The van der Waals surface area contributed by atoms with Crippen molar-refractivity contribution in [1.29, 1.82) is 0 Å². The van der Waals surface area contributed by atoms with E-state index >= 15 is 0 Å². The Hall–Kier alpha value is -0.670. The van der Waals surface area contributed by atoms with Gasteiger partial charge in [0.25, 0.3) is 0 Å². The van der Waals surface area contributed by atoms with Crippen LogP contribution < -0.4 is 10.0 Å². The number of methoxy groups -OCH3 is 1. The predicted molar refractivity (Wildman–Crippen MR) is 93.5 cm³/mol. The molecule has 1 fully saturated rings. The molecule has 23 heavy (non-hydrogen) atoms. The van der Waals surface area contributed by atoms with Crippen LogP contribution in [0.25, 0.3) is 0 Å². The fourth-order valence-corrected chi connectivity index (χ4v) is 4.56. The summed E-state index contributed by atoms with van der Waals surface area (Å²) in [6.07, 6.45) is 2.07. The van der Waals surface area contributed by atoms with Crippen molar-refractivity contribution in [2.24, 2.45) is 5.92 Å². The fourth-order valence-electron chi connectivity index (χ4n) is 2.37. The summed E-state index contributed by atoms with van der Waals surface area (Å²) in [4.78, 5) is 11.6. The molecule has 0 radical (unpaired) electrons. The molecule has 0 saturated carbocycles. The summed E-state index contributed by atoms with van der Waals surface area (Å²) in [6, 6.07) is 4.29. The number of carbonyl (C=O) groups excluding carboxylic acids is 1. The number of hydrogen-bond acceptors (Lipinski definition) is 5. The zero-order chi connectivity index (χ0) is 16.2. The number of benzene rings is 1. The van der Waals surface area contributed by atoms with E-state index in [-0.39, 0.29) is 17.3 Å². The molecule has 1 aromatic rings. The number of rotatable bonds is 5. The highest BCUT2D eigenvalue weighted by Crippen LogP contribution is 2.24. The lowest BCUT2D eigenvalue weighted by Crippen LogP contribution is -2.38.